The molecule has 44 valence electrons. The smallest absolute Gasteiger partial charge is 0.0824 e. The van der Waals surface area contributed by atoms with E-state index in [1.807, 2.05) is 0 Å². The summed E-state index contributed by atoms with van der Waals surface area (Å²) in [6.45, 7) is -6.73. The van der Waals surface area contributed by atoms with Crippen molar-refractivity contribution in [2.75, 3.05) is 13.7 Å². The van der Waals surface area contributed by atoms with Gasteiger partial charge in [-0.2, -0.15) is 0 Å². The molecule has 0 amide bonds. The van der Waals surface area contributed by atoms with E-state index in [0.717, 1.165) is 7.11 Å². The van der Waals surface area contributed by atoms with Crippen LogP contribution in [0.2, 0.25) is 0 Å². The van der Waals surface area contributed by atoms with Crippen LogP contribution < -0.4 is 0 Å². The summed E-state index contributed by atoms with van der Waals surface area (Å²) in [7, 11) is 1.13. The molecule has 7 heavy (non-hydrogen) atoms. The number of aliphatic hydroxyl groups is 1. The van der Waals surface area contributed by atoms with E-state index in [1.165, 1.54) is 0 Å². The zero-order chi connectivity index (χ0) is 10.9. The summed E-state index contributed by atoms with van der Waals surface area (Å²) in [4.78, 5) is 0. The molecular formula is C5H12O2. The first-order chi connectivity index (χ1) is 5.56. The van der Waals surface area contributed by atoms with Gasteiger partial charge in [0.05, 0.1) is 12.2 Å². The Bertz CT molecular complexity index is 157. The number of hydrogen-bond donors (Lipinski definition) is 1. The first-order valence-electron chi connectivity index (χ1n) is 4.77. The highest BCUT2D eigenvalue weighted by molar-refractivity contribution is 4.61. The summed E-state index contributed by atoms with van der Waals surface area (Å²) in [6, 6.07) is 0. The molecule has 0 bridgehead atoms. The topological polar surface area (TPSA) is 29.5 Å². The maximum atomic E-state index is 9.43. The van der Waals surface area contributed by atoms with E-state index < -0.39 is 25.9 Å². The largest absolute Gasteiger partial charge is 0.388 e. The Labute approximate surface area is 52.5 Å². The zero-order valence-corrected chi connectivity index (χ0v) is 4.06. The molecule has 0 aliphatic heterocycles. The quantitative estimate of drug-likeness (QED) is 0.557. The second-order valence-electron chi connectivity index (χ2n) is 1.29. The van der Waals surface area contributed by atoms with Crippen LogP contribution in [0.25, 0.3) is 0 Å². The lowest BCUT2D eigenvalue weighted by atomic mass is 10.2. The number of rotatable bonds is 2. The third-order valence-electron chi connectivity index (χ3n) is 0.353. The van der Waals surface area contributed by atoms with Crippen LogP contribution >= 0.6 is 0 Å². The lowest BCUT2D eigenvalue weighted by Crippen LogP contribution is -2.24. The molecule has 2 nitrogen and oxygen atoms in total. The molecule has 0 radical (unpaired) electrons. The standard InChI is InChI=1S/C5H12O2/c1-5(2,6)4-7-3/h6H,4H2,1-3H3/i1D3,2D3. The van der Waals surface area contributed by atoms with Crippen molar-refractivity contribution in [3.8, 4) is 0 Å². The highest BCUT2D eigenvalue weighted by Crippen LogP contribution is 1.98. The van der Waals surface area contributed by atoms with Crippen molar-refractivity contribution in [3.63, 3.8) is 0 Å². The van der Waals surface area contributed by atoms with Gasteiger partial charge in [-0.1, -0.05) is 0 Å². The summed E-state index contributed by atoms with van der Waals surface area (Å²) in [5.74, 6) is 0. The molecule has 0 aromatic carbocycles. The molecular weight excluding hydrogens is 92.1 g/mol. The van der Waals surface area contributed by atoms with Gasteiger partial charge in [-0.3, -0.25) is 0 Å². The van der Waals surface area contributed by atoms with Crippen molar-refractivity contribution >= 4 is 0 Å². The van der Waals surface area contributed by atoms with E-state index in [9.17, 15) is 5.11 Å². The van der Waals surface area contributed by atoms with E-state index in [4.69, 9.17) is 8.22 Å². The first kappa shape index (κ1) is 1.71. The average molecular weight is 110 g/mol. The molecule has 0 rings (SSSR count). The van der Waals surface area contributed by atoms with Crippen molar-refractivity contribution in [2.45, 2.75) is 19.3 Å². The van der Waals surface area contributed by atoms with Gasteiger partial charge in [0.25, 0.3) is 0 Å². The van der Waals surface area contributed by atoms with Crippen LogP contribution in [0.4, 0.5) is 0 Å². The lowest BCUT2D eigenvalue weighted by Gasteiger charge is -2.13. The van der Waals surface area contributed by atoms with E-state index in [2.05, 4.69) is 4.74 Å². The summed E-state index contributed by atoms with van der Waals surface area (Å²) in [5.41, 5.74) is -2.80. The van der Waals surface area contributed by atoms with Gasteiger partial charge in [-0.05, 0) is 13.7 Å². The van der Waals surface area contributed by atoms with Crippen molar-refractivity contribution in [1.82, 2.24) is 0 Å². The van der Waals surface area contributed by atoms with Crippen molar-refractivity contribution < 1.29 is 18.1 Å². The number of methoxy groups -OCH3 is 1. The summed E-state index contributed by atoms with van der Waals surface area (Å²) >= 11 is 0. The predicted molar refractivity (Wildman–Crippen MR) is 28.2 cm³/mol. The Morgan fingerprint density at radius 1 is 1.86 bits per heavy atom. The molecule has 0 heterocycles. The van der Waals surface area contributed by atoms with Gasteiger partial charge < -0.3 is 9.84 Å². The molecule has 0 aromatic heterocycles. The molecule has 0 saturated heterocycles. The maximum absolute atomic E-state index is 9.43. The number of ether oxygens (including phenoxy) is 1. The molecule has 0 fully saturated rings. The average Bonchev–Trinajstić information content (AvgIpc) is 1.82. The van der Waals surface area contributed by atoms with Crippen LogP contribution in [-0.4, -0.2) is 24.4 Å². The minimum absolute atomic E-state index is 0.750. The first-order valence-corrected chi connectivity index (χ1v) is 1.77. The summed E-state index contributed by atoms with van der Waals surface area (Å²) in [5, 5.41) is 9.43. The van der Waals surface area contributed by atoms with E-state index >= 15 is 0 Å². The van der Waals surface area contributed by atoms with Gasteiger partial charge in [-0.25, -0.2) is 0 Å². The van der Waals surface area contributed by atoms with Crippen LogP contribution in [0.15, 0.2) is 0 Å². The Morgan fingerprint density at radius 3 is 2.57 bits per heavy atom. The fourth-order valence-electron chi connectivity index (χ4n) is 0.209. The minimum atomic E-state index is -2.99. The Balaban J connectivity index is 4.96. The van der Waals surface area contributed by atoms with Crippen LogP contribution in [0, 0.1) is 0 Å². The van der Waals surface area contributed by atoms with Crippen LogP contribution in [-0.2, 0) is 4.74 Å². The third kappa shape index (κ3) is 5.92. The van der Waals surface area contributed by atoms with Crippen LogP contribution in [0.1, 0.15) is 21.9 Å². The van der Waals surface area contributed by atoms with E-state index in [-0.39, 0.29) is 0 Å². The lowest BCUT2D eigenvalue weighted by molar-refractivity contribution is -0.00196. The number of hydrogen-bond acceptors (Lipinski definition) is 2. The van der Waals surface area contributed by atoms with Crippen molar-refractivity contribution in [2.24, 2.45) is 0 Å². The van der Waals surface area contributed by atoms with Crippen molar-refractivity contribution in [3.05, 3.63) is 0 Å². The fourth-order valence-corrected chi connectivity index (χ4v) is 0.209. The van der Waals surface area contributed by atoms with Gasteiger partial charge in [0.2, 0.25) is 0 Å². The molecule has 0 unspecified atom stereocenters. The highest BCUT2D eigenvalue weighted by atomic mass is 16.5. The molecule has 2 heteroatoms. The third-order valence-corrected chi connectivity index (χ3v) is 0.353. The zero-order valence-electron chi connectivity index (χ0n) is 10.1. The normalized spacial score (nSPS) is 28.3. The van der Waals surface area contributed by atoms with E-state index in [0.29, 0.717) is 0 Å². The SMILES string of the molecule is [2H]C([2H])([2H])C(O)(COC)C([2H])([2H])[2H]. The Hall–Kier alpha value is -0.0800. The Kier molecular flexibility index (Phi) is 0.557. The molecule has 0 aromatic rings. The maximum Gasteiger partial charge on any atom is 0.0824 e. The fraction of sp³-hybridized carbons (Fsp3) is 1.00. The van der Waals surface area contributed by atoms with Crippen LogP contribution in [0.3, 0.4) is 0 Å². The summed E-state index contributed by atoms with van der Waals surface area (Å²) < 4.78 is 45.7. The monoisotopic (exact) mass is 110 g/mol. The van der Waals surface area contributed by atoms with Gasteiger partial charge >= 0.3 is 0 Å². The predicted octanol–water partition coefficient (Wildman–Crippen LogP) is 0.404. The second kappa shape index (κ2) is 2.28. The molecule has 0 spiro atoms. The van der Waals surface area contributed by atoms with Gasteiger partial charge in [0.15, 0.2) is 0 Å². The van der Waals surface area contributed by atoms with Crippen LogP contribution in [0.5, 0.6) is 0 Å². The van der Waals surface area contributed by atoms with E-state index in [1.54, 1.807) is 0 Å². The molecule has 0 aliphatic rings. The molecule has 0 saturated carbocycles. The van der Waals surface area contributed by atoms with Crippen molar-refractivity contribution in [1.29, 1.82) is 0 Å². The van der Waals surface area contributed by atoms with Gasteiger partial charge in [0.1, 0.15) is 0 Å². The molecule has 0 aliphatic carbocycles. The second-order valence-corrected chi connectivity index (χ2v) is 1.29. The minimum Gasteiger partial charge on any atom is -0.388 e. The highest BCUT2D eigenvalue weighted by Gasteiger charge is 2.09. The van der Waals surface area contributed by atoms with Gasteiger partial charge in [-0.15, -0.1) is 0 Å². The summed E-state index contributed by atoms with van der Waals surface area (Å²) in [6.07, 6.45) is 0. The molecule has 0 atom stereocenters. The molecule has 1 N–H and O–H groups in total. The van der Waals surface area contributed by atoms with Gasteiger partial charge in [0, 0.05) is 15.3 Å². The Morgan fingerprint density at radius 2 is 2.43 bits per heavy atom.